The van der Waals surface area contributed by atoms with Gasteiger partial charge < -0.3 is 5.32 Å². The minimum Gasteiger partial charge on any atom is -0.346 e. The number of carbonyl (C=O) groups is 1. The van der Waals surface area contributed by atoms with Crippen molar-refractivity contribution >= 4 is 5.91 Å². The molecule has 16 heavy (non-hydrogen) atoms. The second kappa shape index (κ2) is 4.13. The molecule has 7 heteroatoms. The first kappa shape index (κ1) is 10.3. The molecule has 0 bridgehead atoms. The Balaban J connectivity index is 1.98. The van der Waals surface area contributed by atoms with Crippen LogP contribution in [0, 0.1) is 6.92 Å². The molecule has 2 aromatic heterocycles. The summed E-state index contributed by atoms with van der Waals surface area (Å²) in [4.78, 5) is 11.5. The van der Waals surface area contributed by atoms with E-state index >= 15 is 0 Å². The largest absolute Gasteiger partial charge is 0.346 e. The van der Waals surface area contributed by atoms with E-state index < -0.39 is 0 Å². The number of carbonyl (C=O) groups excluding carboxylic acids is 1. The third kappa shape index (κ3) is 2.08. The highest BCUT2D eigenvalue weighted by atomic mass is 16.1. The zero-order chi connectivity index (χ0) is 11.5. The number of nitrogens with zero attached hydrogens (tertiary/aromatic N) is 4. The molecule has 1 amide bonds. The predicted octanol–water partition coefficient (Wildman–Crippen LogP) is -0.223. The Morgan fingerprint density at radius 3 is 3.00 bits per heavy atom. The van der Waals surface area contributed by atoms with Crippen molar-refractivity contribution in [2.75, 3.05) is 0 Å². The summed E-state index contributed by atoms with van der Waals surface area (Å²) in [5.74, 6) is -0.253. The number of H-pyrrole nitrogens is 1. The summed E-state index contributed by atoms with van der Waals surface area (Å²) in [6.07, 6.45) is 3.25. The smallest absolute Gasteiger partial charge is 0.273 e. The molecule has 2 rings (SSSR count). The highest BCUT2D eigenvalue weighted by Gasteiger charge is 2.09. The van der Waals surface area contributed by atoms with Crippen molar-refractivity contribution in [3.8, 4) is 0 Å². The lowest BCUT2D eigenvalue weighted by atomic mass is 10.2. The van der Waals surface area contributed by atoms with Crippen LogP contribution in [0.1, 0.15) is 21.7 Å². The van der Waals surface area contributed by atoms with E-state index in [9.17, 15) is 4.79 Å². The van der Waals surface area contributed by atoms with E-state index in [1.165, 1.54) is 6.20 Å². The van der Waals surface area contributed by atoms with Crippen molar-refractivity contribution in [1.82, 2.24) is 30.5 Å². The first-order valence-corrected chi connectivity index (χ1v) is 4.80. The third-order valence-electron chi connectivity index (χ3n) is 2.20. The molecule has 2 heterocycles. The van der Waals surface area contributed by atoms with E-state index in [4.69, 9.17) is 0 Å². The Kier molecular flexibility index (Phi) is 2.67. The van der Waals surface area contributed by atoms with E-state index in [1.807, 2.05) is 20.2 Å². The van der Waals surface area contributed by atoms with E-state index in [1.54, 1.807) is 4.68 Å². The van der Waals surface area contributed by atoms with Crippen LogP contribution in [0.25, 0.3) is 0 Å². The maximum absolute atomic E-state index is 11.5. The fourth-order valence-corrected chi connectivity index (χ4v) is 1.40. The van der Waals surface area contributed by atoms with Gasteiger partial charge in [0.15, 0.2) is 5.69 Å². The summed E-state index contributed by atoms with van der Waals surface area (Å²) in [5, 5.41) is 16.6. The van der Waals surface area contributed by atoms with Crippen LogP contribution in [0.3, 0.4) is 0 Å². The van der Waals surface area contributed by atoms with Gasteiger partial charge in [0, 0.05) is 25.4 Å². The number of aromatic amines is 1. The molecule has 0 aliphatic heterocycles. The van der Waals surface area contributed by atoms with Crippen LogP contribution in [0.15, 0.2) is 12.4 Å². The standard InChI is InChI=1S/C9H12N6O/c1-6-7(5-15(2)13-6)3-10-9(16)8-4-11-14-12-8/h4-5H,3H2,1-2H3,(H,10,16)(H,11,12,14). The van der Waals surface area contributed by atoms with Crippen LogP contribution < -0.4 is 5.32 Å². The average Bonchev–Trinajstić information content (AvgIpc) is 2.84. The zero-order valence-electron chi connectivity index (χ0n) is 9.06. The minimum absolute atomic E-state index is 0.253. The van der Waals surface area contributed by atoms with Crippen molar-refractivity contribution in [2.45, 2.75) is 13.5 Å². The van der Waals surface area contributed by atoms with Crippen LogP contribution >= 0.6 is 0 Å². The number of aryl methyl sites for hydroxylation is 2. The molecule has 0 aliphatic carbocycles. The number of aromatic nitrogens is 5. The van der Waals surface area contributed by atoms with Gasteiger partial charge in [-0.05, 0) is 6.92 Å². The van der Waals surface area contributed by atoms with Crippen LogP contribution in [-0.4, -0.2) is 31.1 Å². The first-order valence-electron chi connectivity index (χ1n) is 4.80. The van der Waals surface area contributed by atoms with Crippen molar-refractivity contribution in [3.63, 3.8) is 0 Å². The van der Waals surface area contributed by atoms with E-state index in [0.29, 0.717) is 6.54 Å². The molecule has 7 nitrogen and oxygen atoms in total. The maximum atomic E-state index is 11.5. The highest BCUT2D eigenvalue weighted by Crippen LogP contribution is 2.04. The molecule has 0 spiro atoms. The first-order chi connectivity index (χ1) is 7.66. The van der Waals surface area contributed by atoms with E-state index in [0.717, 1.165) is 11.3 Å². The predicted molar refractivity (Wildman–Crippen MR) is 55.5 cm³/mol. The van der Waals surface area contributed by atoms with Gasteiger partial charge >= 0.3 is 0 Å². The van der Waals surface area contributed by atoms with Crippen molar-refractivity contribution in [2.24, 2.45) is 7.05 Å². The van der Waals surface area contributed by atoms with Gasteiger partial charge in [-0.25, -0.2) is 0 Å². The molecular formula is C9H12N6O. The summed E-state index contributed by atoms with van der Waals surface area (Å²) in [6.45, 7) is 2.34. The van der Waals surface area contributed by atoms with Gasteiger partial charge in [-0.1, -0.05) is 0 Å². The van der Waals surface area contributed by atoms with Gasteiger partial charge in [-0.3, -0.25) is 9.48 Å². The molecule has 0 saturated heterocycles. The normalized spacial score (nSPS) is 10.4. The second-order valence-electron chi connectivity index (χ2n) is 3.45. The molecule has 0 atom stereocenters. The summed E-state index contributed by atoms with van der Waals surface area (Å²) in [6, 6.07) is 0. The lowest BCUT2D eigenvalue weighted by Crippen LogP contribution is -2.23. The molecule has 2 N–H and O–H groups in total. The van der Waals surface area contributed by atoms with Gasteiger partial charge in [0.25, 0.3) is 5.91 Å². The number of rotatable bonds is 3. The number of amides is 1. The molecule has 0 radical (unpaired) electrons. The van der Waals surface area contributed by atoms with Crippen molar-refractivity contribution in [1.29, 1.82) is 0 Å². The van der Waals surface area contributed by atoms with Crippen LogP contribution in [0.5, 0.6) is 0 Å². The monoisotopic (exact) mass is 220 g/mol. The van der Waals surface area contributed by atoms with Crippen molar-refractivity contribution in [3.05, 3.63) is 29.3 Å². The Bertz CT molecular complexity index is 486. The molecule has 0 saturated carbocycles. The van der Waals surface area contributed by atoms with Gasteiger partial charge in [-0.2, -0.15) is 20.5 Å². The molecule has 84 valence electrons. The summed E-state index contributed by atoms with van der Waals surface area (Å²) < 4.78 is 1.72. The van der Waals surface area contributed by atoms with Gasteiger partial charge in [-0.15, -0.1) is 0 Å². The molecule has 0 fully saturated rings. The van der Waals surface area contributed by atoms with Crippen LogP contribution in [-0.2, 0) is 13.6 Å². The van der Waals surface area contributed by atoms with Crippen LogP contribution in [0.4, 0.5) is 0 Å². The van der Waals surface area contributed by atoms with Gasteiger partial charge in [0.1, 0.15) is 0 Å². The Labute approximate surface area is 91.9 Å². The lowest BCUT2D eigenvalue weighted by Gasteiger charge is -2.00. The quantitative estimate of drug-likeness (QED) is 0.748. The molecule has 0 aliphatic rings. The van der Waals surface area contributed by atoms with Gasteiger partial charge in [0.2, 0.25) is 0 Å². The SMILES string of the molecule is Cc1nn(C)cc1CNC(=O)c1cn[nH]n1. The maximum Gasteiger partial charge on any atom is 0.273 e. The van der Waals surface area contributed by atoms with Crippen LogP contribution in [0.2, 0.25) is 0 Å². The number of nitrogens with one attached hydrogen (secondary N) is 2. The summed E-state index contributed by atoms with van der Waals surface area (Å²) >= 11 is 0. The topological polar surface area (TPSA) is 88.5 Å². The molecular weight excluding hydrogens is 208 g/mol. The lowest BCUT2D eigenvalue weighted by molar-refractivity contribution is 0.0946. The Morgan fingerprint density at radius 2 is 2.44 bits per heavy atom. The zero-order valence-corrected chi connectivity index (χ0v) is 9.06. The fourth-order valence-electron chi connectivity index (χ4n) is 1.40. The third-order valence-corrected chi connectivity index (χ3v) is 2.20. The summed E-state index contributed by atoms with van der Waals surface area (Å²) in [5.41, 5.74) is 2.17. The van der Waals surface area contributed by atoms with Gasteiger partial charge in [0.05, 0.1) is 11.9 Å². The van der Waals surface area contributed by atoms with Crippen molar-refractivity contribution < 1.29 is 4.79 Å². The molecule has 0 aromatic carbocycles. The van der Waals surface area contributed by atoms with E-state index in [-0.39, 0.29) is 11.6 Å². The highest BCUT2D eigenvalue weighted by molar-refractivity contribution is 5.91. The number of hydrogen-bond acceptors (Lipinski definition) is 4. The second-order valence-corrected chi connectivity index (χ2v) is 3.45. The summed E-state index contributed by atoms with van der Waals surface area (Å²) in [7, 11) is 1.84. The molecule has 2 aromatic rings. The average molecular weight is 220 g/mol. The number of hydrogen-bond donors (Lipinski definition) is 2. The fraction of sp³-hybridized carbons (Fsp3) is 0.333. The Hall–Kier alpha value is -2.18. The Morgan fingerprint density at radius 1 is 1.62 bits per heavy atom. The minimum atomic E-state index is -0.253. The molecule has 0 unspecified atom stereocenters. The van der Waals surface area contributed by atoms with E-state index in [2.05, 4.69) is 25.8 Å².